The minimum absolute atomic E-state index is 0.0486. The Morgan fingerprint density at radius 1 is 1.17 bits per heavy atom. The molecule has 1 aliphatic rings. The molecule has 0 fully saturated rings. The Morgan fingerprint density at radius 3 is 2.48 bits per heavy atom. The summed E-state index contributed by atoms with van der Waals surface area (Å²) < 4.78 is 28.4. The van der Waals surface area contributed by atoms with Crippen LogP contribution in [0.25, 0.3) is 0 Å². The van der Waals surface area contributed by atoms with Gasteiger partial charge in [-0.25, -0.2) is 8.42 Å². The van der Waals surface area contributed by atoms with Crippen molar-refractivity contribution < 1.29 is 22.7 Å². The number of ether oxygens (including phenoxy) is 1. The van der Waals surface area contributed by atoms with E-state index in [9.17, 15) is 18.0 Å². The highest BCUT2D eigenvalue weighted by Gasteiger charge is 2.36. The van der Waals surface area contributed by atoms with E-state index in [2.05, 4.69) is 5.32 Å². The molecule has 154 valence electrons. The molecule has 8 heteroatoms. The van der Waals surface area contributed by atoms with E-state index in [0.29, 0.717) is 17.9 Å². The summed E-state index contributed by atoms with van der Waals surface area (Å²) in [5.74, 6) is -0.0795. The molecule has 0 bridgehead atoms. The first-order chi connectivity index (χ1) is 13.8. The van der Waals surface area contributed by atoms with E-state index in [4.69, 9.17) is 4.74 Å². The van der Waals surface area contributed by atoms with E-state index in [1.807, 2.05) is 24.3 Å². The van der Waals surface area contributed by atoms with Crippen molar-refractivity contribution in [3.8, 4) is 5.75 Å². The predicted molar refractivity (Wildman–Crippen MR) is 109 cm³/mol. The highest BCUT2D eigenvalue weighted by atomic mass is 32.2. The van der Waals surface area contributed by atoms with Crippen molar-refractivity contribution in [1.29, 1.82) is 0 Å². The van der Waals surface area contributed by atoms with Gasteiger partial charge in [-0.2, -0.15) is 0 Å². The molecule has 2 amide bonds. The maximum Gasteiger partial charge on any atom is 0.255 e. The molecule has 29 heavy (non-hydrogen) atoms. The van der Waals surface area contributed by atoms with Gasteiger partial charge in [0.1, 0.15) is 21.6 Å². The second kappa shape index (κ2) is 8.65. The number of sulfone groups is 1. The van der Waals surface area contributed by atoms with Crippen molar-refractivity contribution in [3.63, 3.8) is 0 Å². The Kier molecular flexibility index (Phi) is 6.22. The lowest BCUT2D eigenvalue weighted by atomic mass is 10.1. The molecule has 0 saturated carbocycles. The van der Waals surface area contributed by atoms with Gasteiger partial charge in [0, 0.05) is 24.9 Å². The monoisotopic (exact) mass is 416 g/mol. The quantitative estimate of drug-likeness (QED) is 0.708. The van der Waals surface area contributed by atoms with Crippen LogP contribution in [0.5, 0.6) is 5.75 Å². The van der Waals surface area contributed by atoms with Crippen LogP contribution in [0.4, 0.5) is 0 Å². The summed E-state index contributed by atoms with van der Waals surface area (Å²) in [5, 5.41) is 2.83. The highest BCUT2D eigenvalue weighted by molar-refractivity contribution is 7.90. The van der Waals surface area contributed by atoms with Crippen LogP contribution in [0, 0.1) is 0 Å². The number of fused-ring (bicyclic) bond motifs is 1. The molecular formula is C21H24N2O5S. The van der Waals surface area contributed by atoms with Crippen LogP contribution in [0.2, 0.25) is 0 Å². The molecule has 0 aliphatic carbocycles. The molecule has 2 aromatic rings. The minimum Gasteiger partial charge on any atom is -0.497 e. The largest absolute Gasteiger partial charge is 0.497 e. The Hall–Kier alpha value is -2.87. The normalized spacial score (nSPS) is 14.4. The molecule has 0 saturated heterocycles. The van der Waals surface area contributed by atoms with E-state index in [1.54, 1.807) is 31.4 Å². The number of hydrogen-bond acceptors (Lipinski definition) is 5. The zero-order valence-corrected chi connectivity index (χ0v) is 17.2. The Balaban J connectivity index is 1.74. The van der Waals surface area contributed by atoms with Crippen LogP contribution in [0.15, 0.2) is 48.5 Å². The molecule has 1 N–H and O–H groups in total. The van der Waals surface area contributed by atoms with Crippen LogP contribution >= 0.6 is 0 Å². The topological polar surface area (TPSA) is 92.8 Å². The van der Waals surface area contributed by atoms with Crippen LogP contribution in [-0.4, -0.2) is 50.3 Å². The molecular weight excluding hydrogens is 392 g/mol. The maximum atomic E-state index is 12.9. The summed E-state index contributed by atoms with van der Waals surface area (Å²) >= 11 is 0. The van der Waals surface area contributed by atoms with E-state index in [1.165, 1.54) is 4.90 Å². The van der Waals surface area contributed by atoms with E-state index >= 15 is 0 Å². The third-order valence-electron chi connectivity index (χ3n) is 4.92. The highest BCUT2D eigenvalue weighted by Crippen LogP contribution is 2.26. The maximum absolute atomic E-state index is 12.9. The van der Waals surface area contributed by atoms with Crippen molar-refractivity contribution in [2.75, 3.05) is 19.1 Å². The van der Waals surface area contributed by atoms with Gasteiger partial charge in [-0.15, -0.1) is 0 Å². The van der Waals surface area contributed by atoms with Crippen LogP contribution < -0.4 is 10.1 Å². The van der Waals surface area contributed by atoms with Gasteiger partial charge < -0.3 is 15.0 Å². The molecule has 1 aliphatic heterocycles. The number of rotatable bonds is 8. The summed E-state index contributed by atoms with van der Waals surface area (Å²) in [6.07, 6.45) is 1.17. The molecule has 3 rings (SSSR count). The first-order valence-corrected chi connectivity index (χ1v) is 11.3. The Labute approximate surface area is 170 Å². The van der Waals surface area contributed by atoms with Gasteiger partial charge in [-0.1, -0.05) is 30.3 Å². The number of benzene rings is 2. The second-order valence-electron chi connectivity index (χ2n) is 7.09. The van der Waals surface area contributed by atoms with Crippen molar-refractivity contribution in [2.24, 2.45) is 0 Å². The standard InChI is InChI=1S/C21H24N2O5S/c1-28-17-9-7-15(8-10-17)13-22-20(24)19(11-12-29(2,26)27)23-14-16-5-3-4-6-18(16)21(23)25/h3-10,19H,11-14H2,1-2H3,(H,22,24)/t19-/m0/s1. The molecule has 1 heterocycles. The molecule has 0 aromatic heterocycles. The SMILES string of the molecule is COc1ccc(CNC(=O)[C@H](CCS(C)(=O)=O)N2Cc3ccccc3C2=O)cc1. The van der Waals surface area contributed by atoms with Gasteiger partial charge in [0.15, 0.2) is 0 Å². The summed E-state index contributed by atoms with van der Waals surface area (Å²) in [5.41, 5.74) is 2.27. The molecule has 2 aromatic carbocycles. The Bertz CT molecular complexity index is 1000. The zero-order valence-electron chi connectivity index (χ0n) is 16.4. The van der Waals surface area contributed by atoms with E-state index in [-0.39, 0.29) is 30.5 Å². The van der Waals surface area contributed by atoms with Gasteiger partial charge >= 0.3 is 0 Å². The lowest BCUT2D eigenvalue weighted by Gasteiger charge is -2.27. The lowest BCUT2D eigenvalue weighted by molar-refractivity contribution is -0.126. The van der Waals surface area contributed by atoms with Crippen LogP contribution in [0.1, 0.15) is 27.9 Å². The van der Waals surface area contributed by atoms with Crippen molar-refractivity contribution >= 4 is 21.7 Å². The fourth-order valence-corrected chi connectivity index (χ4v) is 3.98. The van der Waals surface area contributed by atoms with Gasteiger partial charge in [0.25, 0.3) is 5.91 Å². The Morgan fingerprint density at radius 2 is 1.86 bits per heavy atom. The van der Waals surface area contributed by atoms with Gasteiger partial charge in [-0.05, 0) is 35.7 Å². The number of hydrogen-bond donors (Lipinski definition) is 1. The third kappa shape index (κ3) is 5.14. The average molecular weight is 416 g/mol. The molecule has 0 unspecified atom stereocenters. The molecule has 0 radical (unpaired) electrons. The fraction of sp³-hybridized carbons (Fsp3) is 0.333. The smallest absolute Gasteiger partial charge is 0.255 e. The first-order valence-electron chi connectivity index (χ1n) is 9.26. The van der Waals surface area contributed by atoms with Crippen molar-refractivity contribution in [1.82, 2.24) is 10.2 Å². The molecule has 1 atom stereocenters. The average Bonchev–Trinajstić information content (AvgIpc) is 3.03. The summed E-state index contributed by atoms with van der Waals surface area (Å²) in [4.78, 5) is 27.2. The number of methoxy groups -OCH3 is 1. The van der Waals surface area contributed by atoms with Gasteiger partial charge in [0.2, 0.25) is 5.91 Å². The van der Waals surface area contributed by atoms with Crippen molar-refractivity contribution in [3.05, 3.63) is 65.2 Å². The van der Waals surface area contributed by atoms with Crippen molar-refractivity contribution in [2.45, 2.75) is 25.6 Å². The fourth-order valence-electron chi connectivity index (χ4n) is 3.33. The first kappa shape index (κ1) is 20.9. The summed E-state index contributed by atoms with van der Waals surface area (Å²) in [6, 6.07) is 13.6. The second-order valence-corrected chi connectivity index (χ2v) is 9.35. The number of nitrogens with one attached hydrogen (secondary N) is 1. The van der Waals surface area contributed by atoms with Gasteiger partial charge in [0.05, 0.1) is 12.9 Å². The molecule has 0 spiro atoms. The van der Waals surface area contributed by atoms with E-state index in [0.717, 1.165) is 17.4 Å². The number of amides is 2. The number of nitrogens with zero attached hydrogens (tertiary/aromatic N) is 1. The third-order valence-corrected chi connectivity index (χ3v) is 5.89. The summed E-state index contributed by atoms with van der Waals surface area (Å²) in [6.45, 7) is 0.562. The van der Waals surface area contributed by atoms with E-state index < -0.39 is 15.9 Å². The van der Waals surface area contributed by atoms with Crippen LogP contribution in [0.3, 0.4) is 0 Å². The minimum atomic E-state index is -3.27. The predicted octanol–water partition coefficient (Wildman–Crippen LogP) is 1.77. The van der Waals surface area contributed by atoms with Crippen LogP contribution in [-0.2, 0) is 27.7 Å². The lowest BCUT2D eigenvalue weighted by Crippen LogP contribution is -2.47. The summed E-state index contributed by atoms with van der Waals surface area (Å²) in [7, 11) is -1.70. The zero-order chi connectivity index (χ0) is 21.0. The number of carbonyl (C=O) groups excluding carboxylic acids is 2. The molecule has 7 nitrogen and oxygen atoms in total. The van der Waals surface area contributed by atoms with Gasteiger partial charge in [-0.3, -0.25) is 9.59 Å². The number of carbonyl (C=O) groups is 2.